The zero-order valence-electron chi connectivity index (χ0n) is 16.7. The summed E-state index contributed by atoms with van der Waals surface area (Å²) in [7, 11) is 2.88. The van der Waals surface area contributed by atoms with Crippen LogP contribution < -0.4 is 9.64 Å². The van der Waals surface area contributed by atoms with E-state index >= 15 is 0 Å². The van der Waals surface area contributed by atoms with Gasteiger partial charge in [0.1, 0.15) is 11.3 Å². The topological polar surface area (TPSA) is 85.2 Å². The first-order chi connectivity index (χ1) is 14.0. The monoisotopic (exact) mass is 399 g/mol. The number of anilines is 1. The maximum atomic E-state index is 12.0. The van der Waals surface area contributed by atoms with Crippen molar-refractivity contribution in [3.05, 3.63) is 63.7 Å². The van der Waals surface area contributed by atoms with Gasteiger partial charge < -0.3 is 14.4 Å². The lowest BCUT2D eigenvalue weighted by Gasteiger charge is -2.24. The number of nitro groups is 1. The number of nitro benzene ring substituents is 1. The summed E-state index contributed by atoms with van der Waals surface area (Å²) >= 11 is 0. The molecule has 2 aromatic carbocycles. The van der Waals surface area contributed by atoms with Gasteiger partial charge in [0.2, 0.25) is 0 Å². The van der Waals surface area contributed by atoms with Crippen LogP contribution in [0.4, 0.5) is 11.4 Å². The fraction of sp³-hybridized carbons (Fsp3) is 0.381. The molecule has 0 aliphatic carbocycles. The van der Waals surface area contributed by atoms with Crippen LogP contribution in [0.5, 0.6) is 5.75 Å². The van der Waals surface area contributed by atoms with E-state index in [4.69, 9.17) is 9.47 Å². The summed E-state index contributed by atoms with van der Waals surface area (Å²) in [5.74, 6) is 0.143. The molecule has 1 fully saturated rings. The van der Waals surface area contributed by atoms with Crippen molar-refractivity contribution in [2.45, 2.75) is 13.0 Å². The van der Waals surface area contributed by atoms with Gasteiger partial charge in [-0.2, -0.15) is 0 Å². The fourth-order valence-electron chi connectivity index (χ4n) is 3.53. The van der Waals surface area contributed by atoms with Crippen LogP contribution in [-0.2, 0) is 11.3 Å². The molecule has 0 amide bonds. The van der Waals surface area contributed by atoms with Gasteiger partial charge in [0, 0.05) is 44.5 Å². The summed E-state index contributed by atoms with van der Waals surface area (Å²) in [5, 5.41) is 11.2. The second-order valence-electron chi connectivity index (χ2n) is 6.91. The zero-order valence-corrected chi connectivity index (χ0v) is 16.7. The lowest BCUT2D eigenvalue weighted by Crippen LogP contribution is -2.30. The zero-order chi connectivity index (χ0) is 20.8. The van der Waals surface area contributed by atoms with E-state index in [1.165, 1.54) is 18.7 Å². The second kappa shape index (κ2) is 9.38. The molecular weight excluding hydrogens is 374 g/mol. The molecule has 1 heterocycles. The van der Waals surface area contributed by atoms with E-state index in [0.717, 1.165) is 50.6 Å². The Hall–Kier alpha value is -3.13. The predicted molar refractivity (Wildman–Crippen MR) is 110 cm³/mol. The molecule has 0 N–H and O–H groups in total. The molecule has 0 bridgehead atoms. The van der Waals surface area contributed by atoms with Crippen LogP contribution in [0.15, 0.2) is 42.5 Å². The average Bonchev–Trinajstić information content (AvgIpc) is 2.98. The molecule has 1 aliphatic rings. The number of esters is 1. The molecular formula is C21H25N3O5. The van der Waals surface area contributed by atoms with E-state index in [1.54, 1.807) is 19.2 Å². The summed E-state index contributed by atoms with van der Waals surface area (Å²) in [5.41, 5.74) is 1.76. The van der Waals surface area contributed by atoms with Crippen LogP contribution in [0.1, 0.15) is 22.3 Å². The molecule has 2 aromatic rings. The highest BCUT2D eigenvalue weighted by Gasteiger charge is 2.23. The molecule has 0 aromatic heterocycles. The van der Waals surface area contributed by atoms with Crippen molar-refractivity contribution in [1.29, 1.82) is 0 Å². The summed E-state index contributed by atoms with van der Waals surface area (Å²) in [6, 6.07) is 12.7. The van der Waals surface area contributed by atoms with E-state index in [9.17, 15) is 14.9 Å². The highest BCUT2D eigenvalue weighted by Crippen LogP contribution is 2.27. The number of carbonyl (C=O) groups excluding carboxylic acids is 1. The summed E-state index contributed by atoms with van der Waals surface area (Å²) in [6.07, 6.45) is 0.959. The van der Waals surface area contributed by atoms with Crippen LogP contribution in [-0.4, -0.2) is 56.2 Å². The number of hydrogen-bond acceptors (Lipinski definition) is 7. The molecule has 3 rings (SSSR count). The molecule has 29 heavy (non-hydrogen) atoms. The van der Waals surface area contributed by atoms with Crippen molar-refractivity contribution in [1.82, 2.24) is 4.90 Å². The van der Waals surface area contributed by atoms with Gasteiger partial charge in [-0.1, -0.05) is 12.1 Å². The van der Waals surface area contributed by atoms with Crippen LogP contribution >= 0.6 is 0 Å². The number of methoxy groups -OCH3 is 2. The Balaban J connectivity index is 1.70. The third-order valence-electron chi connectivity index (χ3n) is 5.10. The number of benzene rings is 2. The lowest BCUT2D eigenvalue weighted by molar-refractivity contribution is -0.385. The predicted octanol–water partition coefficient (Wildman–Crippen LogP) is 3.10. The average molecular weight is 399 g/mol. The molecule has 8 heteroatoms. The molecule has 0 saturated carbocycles. The first-order valence-corrected chi connectivity index (χ1v) is 9.49. The van der Waals surface area contributed by atoms with Crippen molar-refractivity contribution in [3.8, 4) is 5.75 Å². The van der Waals surface area contributed by atoms with Crippen molar-refractivity contribution in [3.63, 3.8) is 0 Å². The molecule has 0 spiro atoms. The third kappa shape index (κ3) is 5.03. The molecule has 1 aliphatic heterocycles. The van der Waals surface area contributed by atoms with Gasteiger partial charge in [0.05, 0.1) is 19.1 Å². The minimum absolute atomic E-state index is 0.0191. The maximum absolute atomic E-state index is 12.0. The van der Waals surface area contributed by atoms with Gasteiger partial charge >= 0.3 is 5.97 Å². The molecule has 8 nitrogen and oxygen atoms in total. The summed E-state index contributed by atoms with van der Waals surface area (Å²) < 4.78 is 9.92. The Labute approximate surface area is 169 Å². The normalized spacial score (nSPS) is 14.9. The number of rotatable bonds is 6. The fourth-order valence-corrected chi connectivity index (χ4v) is 3.53. The standard InChI is InChI=1S/C21H25N3O5/c1-28-18-7-4-16(5-8-18)15-22-10-3-11-23(13-12-22)17-6-9-20(24(26)27)19(14-17)21(25)29-2/h4-9,14H,3,10-13,15H2,1-2H3. The summed E-state index contributed by atoms with van der Waals surface area (Å²) in [4.78, 5) is 27.2. The lowest BCUT2D eigenvalue weighted by atomic mass is 10.1. The first-order valence-electron chi connectivity index (χ1n) is 9.49. The van der Waals surface area contributed by atoms with Crippen molar-refractivity contribution < 1.29 is 19.2 Å². The summed E-state index contributed by atoms with van der Waals surface area (Å²) in [6.45, 7) is 4.26. The number of ether oxygens (including phenoxy) is 2. The van der Waals surface area contributed by atoms with E-state index in [0.29, 0.717) is 0 Å². The quantitative estimate of drug-likeness (QED) is 0.419. The number of nitrogens with zero attached hydrogens (tertiary/aromatic N) is 3. The maximum Gasteiger partial charge on any atom is 0.344 e. The molecule has 0 unspecified atom stereocenters. The Morgan fingerprint density at radius 1 is 1.07 bits per heavy atom. The minimum atomic E-state index is -0.700. The van der Waals surface area contributed by atoms with Crippen molar-refractivity contribution in [2.24, 2.45) is 0 Å². The van der Waals surface area contributed by atoms with E-state index in [-0.39, 0.29) is 11.3 Å². The SMILES string of the molecule is COC(=O)c1cc(N2CCCN(Cc3ccc(OC)cc3)CC2)ccc1[N+](=O)[O-]. The Bertz CT molecular complexity index is 869. The van der Waals surface area contributed by atoms with E-state index in [1.807, 2.05) is 12.1 Å². The highest BCUT2D eigenvalue weighted by atomic mass is 16.6. The minimum Gasteiger partial charge on any atom is -0.497 e. The van der Waals surface area contributed by atoms with Gasteiger partial charge in [0.15, 0.2) is 0 Å². The van der Waals surface area contributed by atoms with Gasteiger partial charge in [-0.25, -0.2) is 4.79 Å². The molecule has 0 radical (unpaired) electrons. The molecule has 154 valence electrons. The van der Waals surface area contributed by atoms with Gasteiger partial charge in [0.25, 0.3) is 5.69 Å². The number of hydrogen-bond donors (Lipinski definition) is 0. The highest BCUT2D eigenvalue weighted by molar-refractivity contribution is 5.95. The van der Waals surface area contributed by atoms with Crippen LogP contribution in [0.2, 0.25) is 0 Å². The first kappa shape index (κ1) is 20.6. The van der Waals surface area contributed by atoms with Gasteiger partial charge in [-0.3, -0.25) is 15.0 Å². The van der Waals surface area contributed by atoms with Crippen molar-refractivity contribution in [2.75, 3.05) is 45.3 Å². The van der Waals surface area contributed by atoms with Crippen LogP contribution in [0, 0.1) is 10.1 Å². The van der Waals surface area contributed by atoms with E-state index < -0.39 is 10.9 Å². The smallest absolute Gasteiger partial charge is 0.344 e. The number of carbonyl (C=O) groups is 1. The van der Waals surface area contributed by atoms with Gasteiger partial charge in [-0.15, -0.1) is 0 Å². The van der Waals surface area contributed by atoms with Gasteiger partial charge in [-0.05, 0) is 36.2 Å². The molecule has 1 saturated heterocycles. The largest absolute Gasteiger partial charge is 0.497 e. The Morgan fingerprint density at radius 3 is 2.48 bits per heavy atom. The molecule has 0 atom stereocenters. The van der Waals surface area contributed by atoms with Crippen molar-refractivity contribution >= 4 is 17.3 Å². The van der Waals surface area contributed by atoms with Crippen LogP contribution in [0.25, 0.3) is 0 Å². The van der Waals surface area contributed by atoms with E-state index in [2.05, 4.69) is 21.9 Å². The Morgan fingerprint density at radius 2 is 1.83 bits per heavy atom. The van der Waals surface area contributed by atoms with Crippen LogP contribution in [0.3, 0.4) is 0 Å². The third-order valence-corrected chi connectivity index (χ3v) is 5.10. The Kier molecular flexibility index (Phi) is 6.66. The second-order valence-corrected chi connectivity index (χ2v) is 6.91.